The van der Waals surface area contributed by atoms with E-state index in [0.717, 1.165) is 28.2 Å². The van der Waals surface area contributed by atoms with Gasteiger partial charge in [-0.25, -0.2) is 0 Å². The first kappa shape index (κ1) is 22.8. The Morgan fingerprint density at radius 1 is 0.260 bits per heavy atom. The third-order valence-electron chi connectivity index (χ3n) is 8.40. The number of hydrogen-bond donors (Lipinski definition) is 0. The van der Waals surface area contributed by atoms with Crippen LogP contribution in [0.5, 0.6) is 0 Å². The van der Waals surface area contributed by atoms with E-state index in [0.29, 0.717) is 16.9 Å². The van der Waals surface area contributed by atoms with Crippen LogP contribution in [0, 0.1) is 0 Å². The summed E-state index contributed by atoms with van der Waals surface area (Å²) in [5.74, 6) is 0. The van der Waals surface area contributed by atoms with E-state index in [1.807, 2.05) is 158 Å². The molecule has 238 valence electrons. The minimum atomic E-state index is -0.478. The van der Waals surface area contributed by atoms with Crippen LogP contribution < -0.4 is 9.80 Å². The molecule has 0 amide bonds. The van der Waals surface area contributed by atoms with Crippen LogP contribution in [0.3, 0.4) is 0 Å². The zero-order chi connectivity index (χ0) is 40.5. The number of rotatable bonds is 9. The molecule has 0 N–H and O–H groups in total. The monoisotopic (exact) mass is 648 g/mol. The predicted molar refractivity (Wildman–Crippen MR) is 212 cm³/mol. The van der Waals surface area contributed by atoms with Gasteiger partial charge in [0, 0.05) is 34.0 Å². The van der Waals surface area contributed by atoms with Crippen molar-refractivity contribution in [2.45, 2.75) is 0 Å². The maximum absolute atomic E-state index is 9.38. The van der Waals surface area contributed by atoms with Gasteiger partial charge >= 0.3 is 0 Å². The Bertz CT molecular complexity index is 2650. The highest BCUT2D eigenvalue weighted by atomic mass is 15.1. The molecule has 0 aliphatic rings. The van der Waals surface area contributed by atoms with Crippen molar-refractivity contribution in [3.05, 3.63) is 218 Å². The first-order valence-electron chi connectivity index (χ1n) is 20.4. The van der Waals surface area contributed by atoms with Crippen LogP contribution in [-0.2, 0) is 0 Å². The summed E-state index contributed by atoms with van der Waals surface area (Å²) in [6, 6.07) is 50.1. The molecule has 0 aliphatic heterocycles. The number of hydrogen-bond acceptors (Lipinski definition) is 2. The minimum absolute atomic E-state index is 0.0136. The summed E-state index contributed by atoms with van der Waals surface area (Å²) in [7, 11) is 0. The highest BCUT2D eigenvalue weighted by Crippen LogP contribution is 2.41. The molecule has 8 aromatic carbocycles. The smallest absolute Gasteiger partial charge is 0.0645 e. The summed E-state index contributed by atoms with van der Waals surface area (Å²) in [5, 5.41) is 0. The van der Waals surface area contributed by atoms with Crippen molar-refractivity contribution in [1.82, 2.24) is 0 Å². The number of nitrogens with zero attached hydrogens (tertiary/aromatic N) is 2. The van der Waals surface area contributed by atoms with Gasteiger partial charge in [-0.15, -0.1) is 0 Å². The number of anilines is 6. The normalized spacial score (nSPS) is 13.0. The summed E-state index contributed by atoms with van der Waals surface area (Å²) < 4.78 is 73.9. The number of para-hydroxylation sites is 4. The third kappa shape index (κ3) is 6.43. The second-order valence-corrected chi connectivity index (χ2v) is 11.6. The van der Waals surface area contributed by atoms with Crippen molar-refractivity contribution in [2.75, 3.05) is 9.80 Å². The lowest BCUT2D eigenvalue weighted by atomic mass is 9.99. The van der Waals surface area contributed by atoms with Crippen LogP contribution in [0.25, 0.3) is 33.4 Å². The van der Waals surface area contributed by atoms with E-state index in [1.165, 1.54) is 0 Å². The van der Waals surface area contributed by atoms with Gasteiger partial charge < -0.3 is 9.80 Å². The molecule has 0 fully saturated rings. The lowest BCUT2D eigenvalue weighted by Crippen LogP contribution is -2.11. The van der Waals surface area contributed by atoms with Crippen LogP contribution in [0.4, 0.5) is 34.1 Å². The Labute approximate surface area is 306 Å². The fourth-order valence-electron chi connectivity index (χ4n) is 6.00. The molecule has 0 atom stereocenters. The Morgan fingerprint density at radius 2 is 0.640 bits per heavy atom. The fourth-order valence-corrected chi connectivity index (χ4v) is 6.00. The van der Waals surface area contributed by atoms with Crippen LogP contribution in [0.1, 0.15) is 11.0 Å². The van der Waals surface area contributed by atoms with Crippen molar-refractivity contribution >= 4 is 34.1 Å². The lowest BCUT2D eigenvalue weighted by Gasteiger charge is -2.28. The van der Waals surface area contributed by atoms with Crippen molar-refractivity contribution in [3.63, 3.8) is 0 Å². The minimum Gasteiger partial charge on any atom is -0.311 e. The fraction of sp³-hybridized carbons (Fsp3) is 0. The van der Waals surface area contributed by atoms with Crippen molar-refractivity contribution in [3.8, 4) is 33.4 Å². The molecular formula is C48H36N2. The van der Waals surface area contributed by atoms with E-state index in [2.05, 4.69) is 4.90 Å². The Morgan fingerprint density at radius 3 is 1.16 bits per heavy atom. The summed E-state index contributed by atoms with van der Waals surface area (Å²) in [4.78, 5) is 3.78. The quantitative estimate of drug-likeness (QED) is 0.154. The highest BCUT2D eigenvalue weighted by Gasteiger charge is 2.17. The van der Waals surface area contributed by atoms with E-state index in [1.54, 1.807) is 17.0 Å². The molecule has 0 saturated carbocycles. The molecule has 0 radical (unpaired) electrons. The predicted octanol–water partition coefficient (Wildman–Crippen LogP) is 13.6. The lowest BCUT2D eigenvalue weighted by molar-refractivity contribution is 1.28. The van der Waals surface area contributed by atoms with E-state index in [4.69, 9.17) is 5.48 Å². The molecule has 2 heteroatoms. The zero-order valence-corrected chi connectivity index (χ0v) is 27.1. The van der Waals surface area contributed by atoms with E-state index in [9.17, 15) is 5.48 Å². The Kier molecular flexibility index (Phi) is 6.50. The van der Waals surface area contributed by atoms with Gasteiger partial charge in [0.15, 0.2) is 0 Å². The topological polar surface area (TPSA) is 6.48 Å². The Hall–Kier alpha value is -6.64. The van der Waals surface area contributed by atoms with Crippen LogP contribution in [0.2, 0.25) is 0 Å². The van der Waals surface area contributed by atoms with Crippen LogP contribution >= 0.6 is 0 Å². The van der Waals surface area contributed by atoms with E-state index >= 15 is 0 Å². The average molecular weight is 649 g/mol. The molecule has 50 heavy (non-hydrogen) atoms. The first-order valence-corrected chi connectivity index (χ1v) is 16.4. The number of benzene rings is 8. The zero-order valence-electron chi connectivity index (χ0n) is 35.1. The summed E-state index contributed by atoms with van der Waals surface area (Å²) >= 11 is 0. The molecule has 0 saturated heterocycles. The van der Waals surface area contributed by atoms with Gasteiger partial charge in [-0.05, 0) is 94.5 Å². The summed E-state index contributed by atoms with van der Waals surface area (Å²) in [5.41, 5.74) is 5.55. The molecule has 0 aliphatic carbocycles. The molecular weight excluding hydrogens is 605 g/mol. The van der Waals surface area contributed by atoms with Crippen molar-refractivity contribution < 1.29 is 11.0 Å². The van der Waals surface area contributed by atoms with Gasteiger partial charge in [0.1, 0.15) is 0 Å². The second kappa shape index (κ2) is 14.2. The molecule has 8 rings (SSSR count). The summed E-state index contributed by atoms with van der Waals surface area (Å²) in [6.45, 7) is 0. The molecule has 0 heterocycles. The second-order valence-electron chi connectivity index (χ2n) is 11.6. The molecule has 2 nitrogen and oxygen atoms in total. The first-order chi connectivity index (χ1) is 28.2. The Balaban J connectivity index is 1.25. The molecule has 0 aromatic heterocycles. The molecule has 0 unspecified atom stereocenters. The molecule has 0 bridgehead atoms. The van der Waals surface area contributed by atoms with Gasteiger partial charge in [-0.2, -0.15) is 0 Å². The van der Waals surface area contributed by atoms with Gasteiger partial charge in [0.05, 0.1) is 16.7 Å². The SMILES string of the molecule is [2H]c1c([2H])c(-c2c([2H])c([2H])c(N(c3ccccc3)c3ccccc3-c3ccccc3)c([2H])c2[2H])c([2H])c([2H])c1-c1ccc(N(c2ccccc2)c2ccccc2)cc1. The summed E-state index contributed by atoms with van der Waals surface area (Å²) in [6.07, 6.45) is 0. The van der Waals surface area contributed by atoms with Gasteiger partial charge in [0.25, 0.3) is 0 Å². The standard InChI is InChI=1S/C48H36N2/c1-5-15-41(16-6-1)47-23-13-14-24-48(47)50(44-21-11-4-12-22-44)46-35-31-40(32-36-46)38-27-25-37(26-28-38)39-29-33-45(34-30-39)49(42-17-7-2-8-18-42)43-19-9-3-10-20-43/h1-36H/i25D,26D,27D,28D,31D,32D,35D,36D. The molecule has 0 spiro atoms. The largest absolute Gasteiger partial charge is 0.311 e. The van der Waals surface area contributed by atoms with Gasteiger partial charge in [-0.3, -0.25) is 0 Å². The maximum atomic E-state index is 9.38. The van der Waals surface area contributed by atoms with E-state index in [-0.39, 0.29) is 46.5 Å². The third-order valence-corrected chi connectivity index (χ3v) is 8.40. The van der Waals surface area contributed by atoms with Crippen LogP contribution in [-0.4, -0.2) is 0 Å². The average Bonchev–Trinajstić information content (AvgIpc) is 3.27. The maximum Gasteiger partial charge on any atom is 0.0645 e. The van der Waals surface area contributed by atoms with E-state index < -0.39 is 24.2 Å². The van der Waals surface area contributed by atoms with Crippen molar-refractivity contribution in [2.24, 2.45) is 0 Å². The van der Waals surface area contributed by atoms with Gasteiger partial charge in [0.2, 0.25) is 0 Å². The highest BCUT2D eigenvalue weighted by molar-refractivity contribution is 5.88. The van der Waals surface area contributed by atoms with Crippen molar-refractivity contribution in [1.29, 1.82) is 0 Å². The van der Waals surface area contributed by atoms with Crippen LogP contribution in [0.15, 0.2) is 218 Å². The molecule has 8 aromatic rings. The van der Waals surface area contributed by atoms with Gasteiger partial charge in [-0.1, -0.05) is 152 Å².